The second-order valence-corrected chi connectivity index (χ2v) is 5.26. The van der Waals surface area contributed by atoms with E-state index in [1.54, 1.807) is 32.1 Å². The molecule has 0 atom stereocenters. The van der Waals surface area contributed by atoms with Gasteiger partial charge in [-0.25, -0.2) is 0 Å². The fourth-order valence-corrected chi connectivity index (χ4v) is 2.35. The van der Waals surface area contributed by atoms with Crippen molar-refractivity contribution in [2.75, 3.05) is 40.5 Å². The first-order chi connectivity index (χ1) is 11.7. The number of ether oxygens (including phenoxy) is 2. The SMILES string of the molecule is COCCNCCNC(=O)c1cn(C)nc1-c1ccccc1OC.Cl. The van der Waals surface area contributed by atoms with Gasteiger partial charge in [0, 0.05) is 45.6 Å². The van der Waals surface area contributed by atoms with Crippen LogP contribution in [0, 0.1) is 0 Å². The highest BCUT2D eigenvalue weighted by molar-refractivity contribution is 6.00. The third-order valence-electron chi connectivity index (χ3n) is 3.51. The van der Waals surface area contributed by atoms with Crippen LogP contribution in [0.1, 0.15) is 10.4 Å². The first-order valence-electron chi connectivity index (χ1n) is 7.82. The van der Waals surface area contributed by atoms with Gasteiger partial charge in [0.2, 0.25) is 0 Å². The first-order valence-corrected chi connectivity index (χ1v) is 7.82. The summed E-state index contributed by atoms with van der Waals surface area (Å²) in [5.41, 5.74) is 1.93. The number of rotatable bonds is 9. The molecule has 1 aromatic carbocycles. The minimum absolute atomic E-state index is 0. The molecule has 0 saturated carbocycles. The fraction of sp³-hybridized carbons (Fsp3) is 0.412. The average molecular weight is 369 g/mol. The number of carbonyl (C=O) groups excluding carboxylic acids is 1. The van der Waals surface area contributed by atoms with E-state index in [1.807, 2.05) is 24.3 Å². The molecule has 8 heteroatoms. The van der Waals surface area contributed by atoms with Crippen LogP contribution in [0.15, 0.2) is 30.5 Å². The summed E-state index contributed by atoms with van der Waals surface area (Å²) in [6, 6.07) is 7.53. The Morgan fingerprint density at radius 3 is 2.68 bits per heavy atom. The number of aromatic nitrogens is 2. The molecule has 0 radical (unpaired) electrons. The van der Waals surface area contributed by atoms with Gasteiger partial charge in [0.25, 0.3) is 5.91 Å². The minimum Gasteiger partial charge on any atom is -0.496 e. The molecule has 1 aromatic heterocycles. The van der Waals surface area contributed by atoms with E-state index in [-0.39, 0.29) is 18.3 Å². The van der Waals surface area contributed by atoms with Crippen LogP contribution < -0.4 is 15.4 Å². The van der Waals surface area contributed by atoms with Crippen LogP contribution in [0.4, 0.5) is 0 Å². The summed E-state index contributed by atoms with van der Waals surface area (Å²) in [6.07, 6.45) is 1.72. The Morgan fingerprint density at radius 1 is 1.20 bits per heavy atom. The summed E-state index contributed by atoms with van der Waals surface area (Å²) < 4.78 is 12.0. The number of amides is 1. The van der Waals surface area contributed by atoms with Crippen molar-refractivity contribution < 1.29 is 14.3 Å². The summed E-state index contributed by atoms with van der Waals surface area (Å²) in [5, 5.41) is 10.5. The molecule has 2 N–H and O–H groups in total. The van der Waals surface area contributed by atoms with Gasteiger partial charge < -0.3 is 20.1 Å². The third-order valence-corrected chi connectivity index (χ3v) is 3.51. The van der Waals surface area contributed by atoms with Crippen molar-refractivity contribution in [3.05, 3.63) is 36.0 Å². The van der Waals surface area contributed by atoms with Gasteiger partial charge in [-0.3, -0.25) is 9.48 Å². The minimum atomic E-state index is -0.155. The number of para-hydroxylation sites is 1. The maximum atomic E-state index is 12.5. The van der Waals surface area contributed by atoms with Crippen LogP contribution in [0.3, 0.4) is 0 Å². The van der Waals surface area contributed by atoms with E-state index in [0.29, 0.717) is 36.7 Å². The van der Waals surface area contributed by atoms with Crippen LogP contribution in [0.5, 0.6) is 5.75 Å². The largest absolute Gasteiger partial charge is 0.496 e. The van der Waals surface area contributed by atoms with E-state index in [4.69, 9.17) is 9.47 Å². The summed E-state index contributed by atoms with van der Waals surface area (Å²) in [6.45, 7) is 2.61. The molecule has 0 aliphatic rings. The smallest absolute Gasteiger partial charge is 0.255 e. The molecule has 0 spiro atoms. The normalized spacial score (nSPS) is 10.2. The van der Waals surface area contributed by atoms with E-state index < -0.39 is 0 Å². The van der Waals surface area contributed by atoms with Crippen molar-refractivity contribution in [3.63, 3.8) is 0 Å². The molecule has 0 fully saturated rings. The van der Waals surface area contributed by atoms with Gasteiger partial charge in [-0.2, -0.15) is 5.10 Å². The third kappa shape index (κ3) is 5.74. The molecule has 0 bridgehead atoms. The molecule has 25 heavy (non-hydrogen) atoms. The van der Waals surface area contributed by atoms with Gasteiger partial charge in [-0.05, 0) is 12.1 Å². The Labute approximate surface area is 154 Å². The number of carbonyl (C=O) groups is 1. The lowest BCUT2D eigenvalue weighted by Gasteiger charge is -2.09. The van der Waals surface area contributed by atoms with Gasteiger partial charge in [-0.15, -0.1) is 12.4 Å². The number of halogens is 1. The highest BCUT2D eigenvalue weighted by Gasteiger charge is 2.19. The molecule has 0 aliphatic heterocycles. The molecule has 138 valence electrons. The predicted octanol–water partition coefficient (Wildman–Crippen LogP) is 1.48. The maximum Gasteiger partial charge on any atom is 0.255 e. The summed E-state index contributed by atoms with van der Waals surface area (Å²) in [7, 11) is 5.06. The molecule has 2 rings (SSSR count). The van der Waals surface area contributed by atoms with Gasteiger partial charge in [-0.1, -0.05) is 12.1 Å². The number of methoxy groups -OCH3 is 2. The average Bonchev–Trinajstić information content (AvgIpc) is 2.99. The van der Waals surface area contributed by atoms with Gasteiger partial charge in [0.05, 0.1) is 19.3 Å². The molecule has 2 aromatic rings. The van der Waals surface area contributed by atoms with Crippen molar-refractivity contribution in [1.29, 1.82) is 0 Å². The number of aryl methyl sites for hydroxylation is 1. The van der Waals surface area contributed by atoms with Crippen molar-refractivity contribution in [2.45, 2.75) is 0 Å². The second-order valence-electron chi connectivity index (χ2n) is 5.26. The highest BCUT2D eigenvalue weighted by atomic mass is 35.5. The fourth-order valence-electron chi connectivity index (χ4n) is 2.35. The zero-order valence-electron chi connectivity index (χ0n) is 14.7. The lowest BCUT2D eigenvalue weighted by Crippen LogP contribution is -2.33. The van der Waals surface area contributed by atoms with Crippen LogP contribution in [0.25, 0.3) is 11.3 Å². The summed E-state index contributed by atoms with van der Waals surface area (Å²) in [5.74, 6) is 0.532. The molecule has 1 amide bonds. The van der Waals surface area contributed by atoms with Crippen molar-refractivity contribution in [1.82, 2.24) is 20.4 Å². The van der Waals surface area contributed by atoms with Gasteiger partial charge in [0.1, 0.15) is 11.4 Å². The predicted molar refractivity (Wildman–Crippen MR) is 99.5 cm³/mol. The van der Waals surface area contributed by atoms with Crippen LogP contribution in [-0.4, -0.2) is 56.1 Å². The standard InChI is InChI=1S/C17H24N4O3.ClH/c1-21-12-14(17(22)19-9-8-18-10-11-23-2)16(20-21)13-6-4-5-7-15(13)24-3;/h4-7,12,18H,8-11H2,1-3H3,(H,19,22);1H. The van der Waals surface area contributed by atoms with E-state index in [0.717, 1.165) is 12.1 Å². The molecule has 0 unspecified atom stereocenters. The lowest BCUT2D eigenvalue weighted by molar-refractivity contribution is 0.0954. The Hall–Kier alpha value is -2.09. The number of hydrogen-bond acceptors (Lipinski definition) is 5. The topological polar surface area (TPSA) is 77.4 Å². The maximum absolute atomic E-state index is 12.5. The van der Waals surface area contributed by atoms with Crippen LogP contribution >= 0.6 is 12.4 Å². The Balaban J connectivity index is 0.00000312. The van der Waals surface area contributed by atoms with Crippen LogP contribution in [-0.2, 0) is 11.8 Å². The highest BCUT2D eigenvalue weighted by Crippen LogP contribution is 2.30. The quantitative estimate of drug-likeness (QED) is 0.656. The number of hydrogen-bond donors (Lipinski definition) is 2. The molecule has 0 aliphatic carbocycles. The Bertz CT molecular complexity index is 676. The second kappa shape index (κ2) is 10.7. The molecular formula is C17H25ClN4O3. The van der Waals surface area contributed by atoms with Crippen molar-refractivity contribution in [2.24, 2.45) is 7.05 Å². The summed E-state index contributed by atoms with van der Waals surface area (Å²) >= 11 is 0. The van der Waals surface area contributed by atoms with E-state index in [1.165, 1.54) is 0 Å². The van der Waals surface area contributed by atoms with Crippen molar-refractivity contribution in [3.8, 4) is 17.0 Å². The van der Waals surface area contributed by atoms with E-state index in [2.05, 4.69) is 15.7 Å². The Kier molecular flexibility index (Phi) is 8.98. The van der Waals surface area contributed by atoms with E-state index >= 15 is 0 Å². The van der Waals surface area contributed by atoms with E-state index in [9.17, 15) is 4.79 Å². The number of nitrogens with zero attached hydrogens (tertiary/aromatic N) is 2. The zero-order valence-corrected chi connectivity index (χ0v) is 15.6. The molecule has 0 saturated heterocycles. The lowest BCUT2D eigenvalue weighted by atomic mass is 10.1. The number of nitrogens with one attached hydrogen (secondary N) is 2. The molecular weight excluding hydrogens is 344 g/mol. The number of benzene rings is 1. The first kappa shape index (κ1) is 21.0. The Morgan fingerprint density at radius 2 is 1.96 bits per heavy atom. The monoisotopic (exact) mass is 368 g/mol. The zero-order chi connectivity index (χ0) is 17.4. The van der Waals surface area contributed by atoms with Crippen LogP contribution in [0.2, 0.25) is 0 Å². The molecule has 7 nitrogen and oxygen atoms in total. The van der Waals surface area contributed by atoms with Gasteiger partial charge >= 0.3 is 0 Å². The van der Waals surface area contributed by atoms with Crippen molar-refractivity contribution >= 4 is 18.3 Å². The van der Waals surface area contributed by atoms with Gasteiger partial charge in [0.15, 0.2) is 0 Å². The molecule has 1 heterocycles. The summed E-state index contributed by atoms with van der Waals surface area (Å²) in [4.78, 5) is 12.5.